The van der Waals surface area contributed by atoms with Crippen molar-refractivity contribution < 1.29 is 0 Å². The van der Waals surface area contributed by atoms with E-state index < -0.39 is 0 Å². The van der Waals surface area contributed by atoms with Gasteiger partial charge in [0.15, 0.2) is 0 Å². The molecule has 0 unspecified atom stereocenters. The van der Waals surface area contributed by atoms with E-state index in [2.05, 4.69) is 131 Å². The largest absolute Gasteiger partial charge is 0.308 e. The maximum atomic E-state index is 5.12. The smallest absolute Gasteiger partial charge is 0.145 e. The maximum absolute atomic E-state index is 5.12. The van der Waals surface area contributed by atoms with Crippen LogP contribution in [-0.2, 0) is 0 Å². The van der Waals surface area contributed by atoms with Crippen LogP contribution in [0.3, 0.4) is 0 Å². The number of fused-ring (bicyclic) bond motifs is 1. The van der Waals surface area contributed by atoms with Gasteiger partial charge in [-0.1, -0.05) is 97.1 Å². The molecule has 5 aromatic carbocycles. The van der Waals surface area contributed by atoms with Crippen molar-refractivity contribution in [3.05, 3.63) is 152 Å². The quantitative estimate of drug-likeness (QED) is 0.245. The zero-order valence-electron chi connectivity index (χ0n) is 19.8. The minimum atomic E-state index is 0.896. The fourth-order valence-corrected chi connectivity index (χ4v) is 4.65. The summed E-state index contributed by atoms with van der Waals surface area (Å²) < 4.78 is 0. The van der Waals surface area contributed by atoms with Crippen LogP contribution < -0.4 is 9.80 Å². The van der Waals surface area contributed by atoms with E-state index in [0.717, 1.165) is 45.0 Å². The van der Waals surface area contributed by atoms with E-state index in [4.69, 9.17) is 4.98 Å². The Morgan fingerprint density at radius 1 is 0.361 bits per heavy atom. The Bertz CT molecular complexity index is 1370. The highest BCUT2D eigenvalue weighted by Gasteiger charge is 2.21. The Morgan fingerprint density at radius 2 is 0.722 bits per heavy atom. The summed E-state index contributed by atoms with van der Waals surface area (Å²) in [4.78, 5) is 9.61. The molecule has 0 radical (unpaired) electrons. The standard InChI is InChI=1S/C33H25N3/c1-5-15-26(16-6-1)35(27-17-7-2-8-18-27)32-25-34-33(31-24-14-13-23-30(31)32)36(28-19-9-3-10-20-28)29-21-11-4-12-22-29/h1-25H. The Labute approximate surface area is 211 Å². The highest BCUT2D eigenvalue weighted by atomic mass is 15.2. The summed E-state index contributed by atoms with van der Waals surface area (Å²) in [6, 6.07) is 50.3. The Balaban J connectivity index is 1.60. The summed E-state index contributed by atoms with van der Waals surface area (Å²) in [5.74, 6) is 0.896. The van der Waals surface area contributed by atoms with Crippen LogP contribution in [0.15, 0.2) is 152 Å². The molecule has 0 bridgehead atoms. The molecule has 0 aliphatic heterocycles. The van der Waals surface area contributed by atoms with Gasteiger partial charge in [-0.2, -0.15) is 0 Å². The lowest BCUT2D eigenvalue weighted by atomic mass is 10.1. The van der Waals surface area contributed by atoms with Crippen LogP contribution in [0.25, 0.3) is 10.8 Å². The summed E-state index contributed by atoms with van der Waals surface area (Å²) in [5, 5.41) is 2.21. The first-order valence-electron chi connectivity index (χ1n) is 12.1. The molecule has 0 N–H and O–H groups in total. The van der Waals surface area contributed by atoms with Gasteiger partial charge in [-0.05, 0) is 48.5 Å². The molecule has 0 atom stereocenters. The zero-order chi connectivity index (χ0) is 24.2. The van der Waals surface area contributed by atoms with Crippen molar-refractivity contribution in [3.63, 3.8) is 0 Å². The van der Waals surface area contributed by atoms with Gasteiger partial charge in [0.1, 0.15) is 5.82 Å². The first-order chi connectivity index (χ1) is 17.9. The predicted octanol–water partition coefficient (Wildman–Crippen LogP) is 9.17. The summed E-state index contributed by atoms with van der Waals surface area (Å²) in [6.07, 6.45) is 2.00. The van der Waals surface area contributed by atoms with Crippen molar-refractivity contribution in [2.45, 2.75) is 0 Å². The van der Waals surface area contributed by atoms with E-state index in [0.29, 0.717) is 0 Å². The molecule has 36 heavy (non-hydrogen) atoms. The maximum Gasteiger partial charge on any atom is 0.145 e. The molecule has 0 aliphatic rings. The van der Waals surface area contributed by atoms with Crippen LogP contribution in [0.4, 0.5) is 34.3 Å². The summed E-state index contributed by atoms with van der Waals surface area (Å²) in [6.45, 7) is 0. The molecule has 0 saturated heterocycles. The second kappa shape index (κ2) is 9.77. The van der Waals surface area contributed by atoms with Crippen molar-refractivity contribution in [2.75, 3.05) is 9.80 Å². The average Bonchev–Trinajstić information content (AvgIpc) is 2.97. The molecule has 0 saturated carbocycles. The van der Waals surface area contributed by atoms with Crippen molar-refractivity contribution in [1.82, 2.24) is 4.98 Å². The van der Waals surface area contributed by atoms with Gasteiger partial charge in [-0.3, -0.25) is 4.90 Å². The molecule has 0 amide bonds. The Kier molecular flexibility index (Phi) is 5.87. The second-order valence-electron chi connectivity index (χ2n) is 8.53. The van der Waals surface area contributed by atoms with Gasteiger partial charge in [-0.25, -0.2) is 4.98 Å². The van der Waals surface area contributed by atoms with Crippen molar-refractivity contribution >= 4 is 45.0 Å². The van der Waals surface area contributed by atoms with Gasteiger partial charge >= 0.3 is 0 Å². The van der Waals surface area contributed by atoms with Gasteiger partial charge in [-0.15, -0.1) is 0 Å². The van der Waals surface area contributed by atoms with E-state index in [9.17, 15) is 0 Å². The lowest BCUT2D eigenvalue weighted by Crippen LogP contribution is -2.14. The fraction of sp³-hybridized carbons (Fsp3) is 0. The lowest BCUT2D eigenvalue weighted by Gasteiger charge is -2.29. The third-order valence-corrected chi connectivity index (χ3v) is 6.26. The zero-order valence-corrected chi connectivity index (χ0v) is 19.8. The number of benzene rings is 5. The van der Waals surface area contributed by atoms with E-state index in [1.165, 1.54) is 0 Å². The lowest BCUT2D eigenvalue weighted by molar-refractivity contribution is 1.18. The molecular weight excluding hydrogens is 438 g/mol. The molecule has 0 aliphatic carbocycles. The minimum Gasteiger partial charge on any atom is -0.308 e. The topological polar surface area (TPSA) is 19.4 Å². The third-order valence-electron chi connectivity index (χ3n) is 6.26. The van der Waals surface area contributed by atoms with Crippen molar-refractivity contribution in [1.29, 1.82) is 0 Å². The van der Waals surface area contributed by atoms with Crippen LogP contribution in [-0.4, -0.2) is 4.98 Å². The minimum absolute atomic E-state index is 0.896. The number of rotatable bonds is 6. The Hall–Kier alpha value is -4.89. The number of hydrogen-bond acceptors (Lipinski definition) is 3. The van der Waals surface area contributed by atoms with Crippen LogP contribution in [0.5, 0.6) is 0 Å². The number of pyridine rings is 1. The van der Waals surface area contributed by atoms with Crippen LogP contribution in [0.2, 0.25) is 0 Å². The van der Waals surface area contributed by atoms with Crippen LogP contribution in [0, 0.1) is 0 Å². The molecule has 3 nitrogen and oxygen atoms in total. The summed E-state index contributed by atoms with van der Waals surface area (Å²) in [5.41, 5.74) is 5.35. The SMILES string of the molecule is c1ccc(N(c2ccccc2)c2cnc(N(c3ccccc3)c3ccccc3)c3ccccc23)cc1. The number of aromatic nitrogens is 1. The number of nitrogens with zero attached hydrogens (tertiary/aromatic N) is 3. The molecule has 6 rings (SSSR count). The first kappa shape index (κ1) is 21.6. The highest BCUT2D eigenvalue weighted by molar-refractivity contribution is 6.05. The number of para-hydroxylation sites is 4. The van der Waals surface area contributed by atoms with E-state index in [1.807, 2.05) is 30.5 Å². The Morgan fingerprint density at radius 3 is 1.17 bits per heavy atom. The van der Waals surface area contributed by atoms with Crippen LogP contribution in [0.1, 0.15) is 0 Å². The van der Waals surface area contributed by atoms with Gasteiger partial charge < -0.3 is 4.90 Å². The van der Waals surface area contributed by atoms with Gasteiger partial charge in [0.2, 0.25) is 0 Å². The summed E-state index contributed by atoms with van der Waals surface area (Å²) >= 11 is 0. The van der Waals surface area contributed by atoms with Gasteiger partial charge in [0, 0.05) is 33.5 Å². The summed E-state index contributed by atoms with van der Waals surface area (Å²) in [7, 11) is 0. The van der Waals surface area contributed by atoms with E-state index in [1.54, 1.807) is 0 Å². The molecule has 1 aromatic heterocycles. The molecular formula is C33H25N3. The normalized spacial score (nSPS) is 10.8. The highest BCUT2D eigenvalue weighted by Crippen LogP contribution is 2.43. The van der Waals surface area contributed by atoms with Gasteiger partial charge in [0.25, 0.3) is 0 Å². The predicted molar refractivity (Wildman–Crippen MR) is 151 cm³/mol. The second-order valence-corrected chi connectivity index (χ2v) is 8.53. The van der Waals surface area contributed by atoms with E-state index >= 15 is 0 Å². The van der Waals surface area contributed by atoms with Crippen molar-refractivity contribution in [3.8, 4) is 0 Å². The molecule has 0 spiro atoms. The van der Waals surface area contributed by atoms with E-state index in [-0.39, 0.29) is 0 Å². The van der Waals surface area contributed by atoms with Gasteiger partial charge in [0.05, 0.1) is 11.9 Å². The van der Waals surface area contributed by atoms with Crippen molar-refractivity contribution in [2.24, 2.45) is 0 Å². The first-order valence-corrected chi connectivity index (χ1v) is 12.1. The monoisotopic (exact) mass is 463 g/mol. The molecule has 1 heterocycles. The average molecular weight is 464 g/mol. The van der Waals surface area contributed by atoms with Crippen LogP contribution >= 0.6 is 0 Å². The third kappa shape index (κ3) is 4.08. The number of hydrogen-bond donors (Lipinski definition) is 0. The molecule has 172 valence electrons. The fourth-order valence-electron chi connectivity index (χ4n) is 4.65. The number of anilines is 6. The molecule has 6 aromatic rings. The molecule has 0 fully saturated rings. The molecule has 3 heteroatoms.